The van der Waals surface area contributed by atoms with E-state index < -0.39 is 12.6 Å². The predicted octanol–water partition coefficient (Wildman–Crippen LogP) is 3.59. The number of alkyl halides is 2. The molecular formula is C20H21F2NO5. The maximum Gasteiger partial charge on any atom is 0.387 e. The lowest BCUT2D eigenvalue weighted by atomic mass is 10.1. The Hall–Kier alpha value is -3.16. The van der Waals surface area contributed by atoms with Crippen LogP contribution < -0.4 is 9.47 Å². The van der Waals surface area contributed by atoms with Gasteiger partial charge >= 0.3 is 12.6 Å². The molecule has 0 unspecified atom stereocenters. The van der Waals surface area contributed by atoms with Crippen molar-refractivity contribution in [1.82, 2.24) is 4.90 Å². The first-order valence-corrected chi connectivity index (χ1v) is 8.57. The summed E-state index contributed by atoms with van der Waals surface area (Å²) >= 11 is 0. The minimum Gasteiger partial charge on any atom is -0.490 e. The first-order chi connectivity index (χ1) is 13.3. The number of carbonyl (C=O) groups excluding carboxylic acids is 1. The highest BCUT2D eigenvalue weighted by Crippen LogP contribution is 2.30. The van der Waals surface area contributed by atoms with E-state index in [9.17, 15) is 18.4 Å². The zero-order valence-electron chi connectivity index (χ0n) is 15.5. The second-order valence-corrected chi connectivity index (χ2v) is 6.02. The third kappa shape index (κ3) is 5.94. The lowest BCUT2D eigenvalue weighted by Crippen LogP contribution is -2.27. The van der Waals surface area contributed by atoms with E-state index in [1.165, 1.54) is 23.1 Å². The SMILES string of the molecule is CCOc1cc(CN(C)C(=O)Cc2cccc(C(=O)O)c2)ccc1OC(F)F. The van der Waals surface area contributed by atoms with Gasteiger partial charge in [-0.2, -0.15) is 8.78 Å². The van der Waals surface area contributed by atoms with Crippen LogP contribution in [0.25, 0.3) is 0 Å². The average molecular weight is 393 g/mol. The molecule has 2 aromatic carbocycles. The highest BCUT2D eigenvalue weighted by atomic mass is 19.3. The van der Waals surface area contributed by atoms with E-state index in [-0.39, 0.29) is 42.5 Å². The van der Waals surface area contributed by atoms with Crippen molar-refractivity contribution in [2.75, 3.05) is 13.7 Å². The molecule has 0 fully saturated rings. The number of hydrogen-bond acceptors (Lipinski definition) is 4. The van der Waals surface area contributed by atoms with E-state index in [1.54, 1.807) is 38.2 Å². The van der Waals surface area contributed by atoms with Crippen molar-refractivity contribution >= 4 is 11.9 Å². The summed E-state index contributed by atoms with van der Waals surface area (Å²) in [6, 6.07) is 10.7. The molecule has 0 aromatic heterocycles. The fourth-order valence-electron chi connectivity index (χ4n) is 2.60. The van der Waals surface area contributed by atoms with Crippen LogP contribution >= 0.6 is 0 Å². The number of nitrogens with zero attached hydrogens (tertiary/aromatic N) is 1. The number of amides is 1. The molecule has 0 aliphatic heterocycles. The Morgan fingerprint density at radius 3 is 2.50 bits per heavy atom. The Labute approximate surface area is 161 Å². The Morgan fingerprint density at radius 1 is 1.11 bits per heavy atom. The van der Waals surface area contributed by atoms with Gasteiger partial charge in [0.2, 0.25) is 5.91 Å². The van der Waals surface area contributed by atoms with Crippen molar-refractivity contribution in [2.24, 2.45) is 0 Å². The van der Waals surface area contributed by atoms with Crippen LogP contribution in [0.4, 0.5) is 8.78 Å². The standard InChI is InChI=1S/C20H21F2NO5/c1-3-27-17-10-14(7-8-16(17)28-20(21)22)12-23(2)18(24)11-13-5-4-6-15(9-13)19(25)26/h4-10,20H,3,11-12H2,1-2H3,(H,25,26). The van der Waals surface area contributed by atoms with Gasteiger partial charge in [-0.3, -0.25) is 4.79 Å². The molecule has 0 saturated heterocycles. The summed E-state index contributed by atoms with van der Waals surface area (Å²) < 4.78 is 34.7. The van der Waals surface area contributed by atoms with Crippen LogP contribution in [-0.2, 0) is 17.8 Å². The fraction of sp³-hybridized carbons (Fsp3) is 0.300. The predicted molar refractivity (Wildman–Crippen MR) is 97.8 cm³/mol. The molecule has 28 heavy (non-hydrogen) atoms. The summed E-state index contributed by atoms with van der Waals surface area (Å²) in [5, 5.41) is 9.03. The second-order valence-electron chi connectivity index (χ2n) is 6.02. The van der Waals surface area contributed by atoms with E-state index in [2.05, 4.69) is 4.74 Å². The number of ether oxygens (including phenoxy) is 2. The molecule has 1 N–H and O–H groups in total. The molecule has 8 heteroatoms. The molecular weight excluding hydrogens is 372 g/mol. The van der Waals surface area contributed by atoms with Crippen LogP contribution in [0.5, 0.6) is 11.5 Å². The summed E-state index contributed by atoms with van der Waals surface area (Å²) in [4.78, 5) is 24.9. The van der Waals surface area contributed by atoms with Crippen LogP contribution in [0, 0.1) is 0 Å². The fourth-order valence-corrected chi connectivity index (χ4v) is 2.60. The molecule has 1 amide bonds. The number of halogens is 2. The number of hydrogen-bond donors (Lipinski definition) is 1. The molecule has 0 aliphatic rings. The van der Waals surface area contributed by atoms with Gasteiger partial charge in [0, 0.05) is 13.6 Å². The first-order valence-electron chi connectivity index (χ1n) is 8.57. The molecule has 0 heterocycles. The van der Waals surface area contributed by atoms with Crippen LogP contribution in [-0.4, -0.2) is 42.1 Å². The number of likely N-dealkylation sites (N-methyl/N-ethyl adjacent to an activating group) is 1. The maximum absolute atomic E-state index is 12.5. The molecule has 2 aromatic rings. The van der Waals surface area contributed by atoms with E-state index >= 15 is 0 Å². The average Bonchev–Trinajstić information content (AvgIpc) is 2.64. The van der Waals surface area contributed by atoms with Gasteiger partial charge in [-0.25, -0.2) is 4.79 Å². The molecule has 0 spiro atoms. The van der Waals surface area contributed by atoms with E-state index in [1.807, 2.05) is 0 Å². The number of carboxylic acid groups (broad SMARTS) is 1. The summed E-state index contributed by atoms with van der Waals surface area (Å²) in [7, 11) is 1.60. The minimum absolute atomic E-state index is 0.0442. The van der Waals surface area contributed by atoms with E-state index in [4.69, 9.17) is 9.84 Å². The van der Waals surface area contributed by atoms with E-state index in [0.29, 0.717) is 11.1 Å². The summed E-state index contributed by atoms with van der Waals surface area (Å²) in [5.41, 5.74) is 1.39. The number of carboxylic acids is 1. The van der Waals surface area contributed by atoms with Gasteiger partial charge in [0.25, 0.3) is 0 Å². The molecule has 0 radical (unpaired) electrons. The lowest BCUT2D eigenvalue weighted by molar-refractivity contribution is -0.129. The van der Waals surface area contributed by atoms with Crippen LogP contribution in [0.2, 0.25) is 0 Å². The number of rotatable bonds is 9. The highest BCUT2D eigenvalue weighted by Gasteiger charge is 2.15. The van der Waals surface area contributed by atoms with Gasteiger partial charge in [0.05, 0.1) is 18.6 Å². The van der Waals surface area contributed by atoms with Gasteiger partial charge in [0.15, 0.2) is 11.5 Å². The topological polar surface area (TPSA) is 76.1 Å². The zero-order valence-corrected chi connectivity index (χ0v) is 15.5. The van der Waals surface area contributed by atoms with Gasteiger partial charge < -0.3 is 19.5 Å². The smallest absolute Gasteiger partial charge is 0.387 e. The summed E-state index contributed by atoms with van der Waals surface area (Å²) in [6.45, 7) is -0.736. The van der Waals surface area contributed by atoms with E-state index in [0.717, 1.165) is 0 Å². The van der Waals surface area contributed by atoms with Gasteiger partial charge in [0.1, 0.15) is 0 Å². The molecule has 0 saturated carbocycles. The molecule has 0 atom stereocenters. The highest BCUT2D eigenvalue weighted by molar-refractivity contribution is 5.88. The van der Waals surface area contributed by atoms with Gasteiger partial charge in [-0.05, 0) is 42.3 Å². The molecule has 0 aliphatic carbocycles. The Morgan fingerprint density at radius 2 is 1.86 bits per heavy atom. The molecule has 2 rings (SSSR count). The monoisotopic (exact) mass is 393 g/mol. The van der Waals surface area contributed by atoms with Crippen molar-refractivity contribution in [3.8, 4) is 11.5 Å². The number of aromatic carboxylic acids is 1. The third-order valence-electron chi connectivity index (χ3n) is 3.90. The zero-order chi connectivity index (χ0) is 20.7. The Bertz CT molecular complexity index is 841. The third-order valence-corrected chi connectivity index (χ3v) is 3.90. The van der Waals surface area contributed by atoms with Crippen molar-refractivity contribution < 1.29 is 33.0 Å². The van der Waals surface area contributed by atoms with Crippen molar-refractivity contribution in [3.05, 3.63) is 59.2 Å². The molecule has 150 valence electrons. The normalized spacial score (nSPS) is 10.6. The first kappa shape index (κ1) is 21.1. The number of carbonyl (C=O) groups is 2. The quantitative estimate of drug-likeness (QED) is 0.705. The van der Waals surface area contributed by atoms with Crippen LogP contribution in [0.3, 0.4) is 0 Å². The molecule has 0 bridgehead atoms. The maximum atomic E-state index is 12.5. The van der Waals surface area contributed by atoms with Crippen molar-refractivity contribution in [1.29, 1.82) is 0 Å². The Balaban J connectivity index is 2.07. The van der Waals surface area contributed by atoms with Crippen molar-refractivity contribution in [2.45, 2.75) is 26.5 Å². The summed E-state index contributed by atoms with van der Waals surface area (Å²) in [5.74, 6) is -1.17. The van der Waals surface area contributed by atoms with Crippen molar-refractivity contribution in [3.63, 3.8) is 0 Å². The summed E-state index contributed by atoms with van der Waals surface area (Å²) in [6.07, 6.45) is 0.0442. The van der Waals surface area contributed by atoms with Crippen LogP contribution in [0.15, 0.2) is 42.5 Å². The van der Waals surface area contributed by atoms with Gasteiger partial charge in [-0.1, -0.05) is 18.2 Å². The minimum atomic E-state index is -2.96. The Kier molecular flexibility index (Phi) is 7.31. The number of benzene rings is 2. The van der Waals surface area contributed by atoms with Gasteiger partial charge in [-0.15, -0.1) is 0 Å². The largest absolute Gasteiger partial charge is 0.490 e. The second kappa shape index (κ2) is 9.68. The lowest BCUT2D eigenvalue weighted by Gasteiger charge is -2.19. The van der Waals surface area contributed by atoms with Crippen LogP contribution in [0.1, 0.15) is 28.4 Å². The molecule has 6 nitrogen and oxygen atoms in total.